The fraction of sp³-hybridized carbons (Fsp3) is 0.769. The Hall–Kier alpha value is -1.59. The van der Waals surface area contributed by atoms with E-state index in [0.717, 1.165) is 30.7 Å². The zero-order chi connectivity index (χ0) is 14.2. The van der Waals surface area contributed by atoms with Crippen LogP contribution in [-0.2, 0) is 14.3 Å². The Bertz CT molecular complexity index is 389. The van der Waals surface area contributed by atoms with Crippen molar-refractivity contribution in [1.82, 2.24) is 10.4 Å². The predicted molar refractivity (Wildman–Crippen MR) is 66.7 cm³/mol. The second kappa shape index (κ2) is 4.83. The van der Waals surface area contributed by atoms with Crippen LogP contribution < -0.4 is 5.43 Å². The van der Waals surface area contributed by atoms with Crippen molar-refractivity contribution in [3.63, 3.8) is 0 Å². The van der Waals surface area contributed by atoms with Crippen molar-refractivity contribution in [2.24, 2.45) is 11.8 Å². The van der Waals surface area contributed by atoms with Gasteiger partial charge in [-0.25, -0.2) is 10.2 Å². The monoisotopic (exact) mass is 268 g/mol. The Morgan fingerprint density at radius 1 is 1.16 bits per heavy atom. The van der Waals surface area contributed by atoms with Crippen LogP contribution in [0.4, 0.5) is 4.79 Å². The smallest absolute Gasteiger partial charge is 0.427 e. The molecule has 0 aromatic rings. The highest BCUT2D eigenvalue weighted by atomic mass is 16.6. The first-order chi connectivity index (χ1) is 8.79. The highest BCUT2D eigenvalue weighted by Gasteiger charge is 2.49. The third-order valence-electron chi connectivity index (χ3n) is 3.44. The number of nitrogens with one attached hydrogen (secondary N) is 1. The number of fused-ring (bicyclic) bond motifs is 1. The molecule has 0 aromatic heterocycles. The molecule has 1 heterocycles. The molecule has 19 heavy (non-hydrogen) atoms. The maximum atomic E-state index is 12.1. The van der Waals surface area contributed by atoms with Crippen LogP contribution >= 0.6 is 0 Å². The van der Waals surface area contributed by atoms with Crippen LogP contribution in [0.25, 0.3) is 0 Å². The number of rotatable bonds is 1. The second-order valence-corrected chi connectivity index (χ2v) is 6.12. The molecule has 106 valence electrons. The van der Waals surface area contributed by atoms with Gasteiger partial charge in [0.15, 0.2) is 0 Å². The lowest BCUT2D eigenvalue weighted by atomic mass is 9.81. The number of hydrogen-bond donors (Lipinski definition) is 1. The molecule has 0 aromatic carbocycles. The van der Waals surface area contributed by atoms with Crippen molar-refractivity contribution in [3.8, 4) is 0 Å². The van der Waals surface area contributed by atoms with Gasteiger partial charge in [0.1, 0.15) is 5.60 Å². The van der Waals surface area contributed by atoms with Gasteiger partial charge in [-0.1, -0.05) is 12.8 Å². The number of amides is 3. The number of carbonyl (C=O) groups is 3. The normalized spacial score (nSPS) is 27.2. The minimum atomic E-state index is -0.771. The van der Waals surface area contributed by atoms with Crippen molar-refractivity contribution in [3.05, 3.63) is 0 Å². The molecule has 6 heteroatoms. The van der Waals surface area contributed by atoms with Crippen LogP contribution in [0.5, 0.6) is 0 Å². The summed E-state index contributed by atoms with van der Waals surface area (Å²) >= 11 is 0. The lowest BCUT2D eigenvalue weighted by molar-refractivity contribution is -0.143. The molecule has 1 saturated carbocycles. The van der Waals surface area contributed by atoms with Crippen molar-refractivity contribution in [1.29, 1.82) is 0 Å². The molecule has 1 aliphatic heterocycles. The molecule has 1 aliphatic carbocycles. The van der Waals surface area contributed by atoms with Crippen molar-refractivity contribution in [2.45, 2.75) is 52.1 Å². The quantitative estimate of drug-likeness (QED) is 0.733. The second-order valence-electron chi connectivity index (χ2n) is 6.12. The summed E-state index contributed by atoms with van der Waals surface area (Å²) in [7, 11) is 0. The molecule has 2 aliphatic rings. The van der Waals surface area contributed by atoms with E-state index in [1.165, 1.54) is 0 Å². The van der Waals surface area contributed by atoms with E-state index in [-0.39, 0.29) is 23.7 Å². The van der Waals surface area contributed by atoms with Gasteiger partial charge in [-0.2, -0.15) is 5.01 Å². The maximum Gasteiger partial charge on any atom is 0.427 e. The molecule has 6 nitrogen and oxygen atoms in total. The van der Waals surface area contributed by atoms with E-state index in [9.17, 15) is 14.4 Å². The number of ether oxygens (including phenoxy) is 1. The Kier molecular flexibility index (Phi) is 3.52. The molecule has 0 spiro atoms. The van der Waals surface area contributed by atoms with Crippen LogP contribution in [0.3, 0.4) is 0 Å². The first-order valence-electron chi connectivity index (χ1n) is 6.67. The first-order valence-corrected chi connectivity index (χ1v) is 6.67. The average Bonchev–Trinajstić information content (AvgIpc) is 2.53. The standard InChI is InChI=1S/C13H20N2O4/c1-13(2,3)19-12(18)14-15-10(16)8-6-4-5-7-9(8)11(15)17/h8-9H,4-7H2,1-3H3,(H,14,18). The SMILES string of the molecule is CC(C)(C)OC(=O)NN1C(=O)C2CCCCC2C1=O. The molecule has 2 atom stereocenters. The maximum absolute atomic E-state index is 12.1. The summed E-state index contributed by atoms with van der Waals surface area (Å²) < 4.78 is 5.05. The third-order valence-corrected chi connectivity index (χ3v) is 3.44. The van der Waals surface area contributed by atoms with Gasteiger partial charge in [0, 0.05) is 0 Å². The van der Waals surface area contributed by atoms with Gasteiger partial charge in [0.25, 0.3) is 11.8 Å². The summed E-state index contributed by atoms with van der Waals surface area (Å²) in [4.78, 5) is 35.8. The molecule has 1 saturated heterocycles. The minimum Gasteiger partial charge on any atom is -0.443 e. The summed E-state index contributed by atoms with van der Waals surface area (Å²) in [6, 6.07) is 0. The third kappa shape index (κ3) is 2.88. The number of nitrogens with zero attached hydrogens (tertiary/aromatic N) is 1. The van der Waals surface area contributed by atoms with E-state index >= 15 is 0 Å². The number of carbonyl (C=O) groups excluding carboxylic acids is 3. The van der Waals surface area contributed by atoms with E-state index in [2.05, 4.69) is 5.43 Å². The molecule has 2 fully saturated rings. The average molecular weight is 268 g/mol. The summed E-state index contributed by atoms with van der Waals surface area (Å²) in [5, 5.41) is 0.842. The summed E-state index contributed by atoms with van der Waals surface area (Å²) in [6.45, 7) is 5.17. The van der Waals surface area contributed by atoms with Gasteiger partial charge in [-0.15, -0.1) is 0 Å². The fourth-order valence-electron chi connectivity index (χ4n) is 2.66. The number of hydrogen-bond acceptors (Lipinski definition) is 4. The van der Waals surface area contributed by atoms with Crippen LogP contribution in [0, 0.1) is 11.8 Å². The largest absolute Gasteiger partial charge is 0.443 e. The molecule has 2 rings (SSSR count). The highest BCUT2D eigenvalue weighted by Crippen LogP contribution is 2.37. The molecular formula is C13H20N2O4. The molecular weight excluding hydrogens is 248 g/mol. The van der Waals surface area contributed by atoms with E-state index in [4.69, 9.17) is 4.74 Å². The van der Waals surface area contributed by atoms with Crippen LogP contribution in [0.15, 0.2) is 0 Å². The van der Waals surface area contributed by atoms with Gasteiger partial charge >= 0.3 is 6.09 Å². The van der Waals surface area contributed by atoms with Gasteiger partial charge in [0.2, 0.25) is 0 Å². The fourth-order valence-corrected chi connectivity index (χ4v) is 2.66. The lowest BCUT2D eigenvalue weighted by Gasteiger charge is -2.22. The van der Waals surface area contributed by atoms with Crippen LogP contribution in [-0.4, -0.2) is 28.5 Å². The Morgan fingerprint density at radius 2 is 1.63 bits per heavy atom. The summed E-state index contributed by atoms with van der Waals surface area (Å²) in [6.07, 6.45) is 2.59. The predicted octanol–water partition coefficient (Wildman–Crippen LogP) is 1.60. The topological polar surface area (TPSA) is 75.7 Å². The lowest BCUT2D eigenvalue weighted by Crippen LogP contribution is -2.48. The molecule has 2 unspecified atom stereocenters. The minimum absolute atomic E-state index is 0.267. The highest BCUT2D eigenvalue weighted by molar-refractivity contribution is 6.05. The van der Waals surface area contributed by atoms with Crippen LogP contribution in [0.2, 0.25) is 0 Å². The van der Waals surface area contributed by atoms with Crippen molar-refractivity contribution in [2.75, 3.05) is 0 Å². The molecule has 0 bridgehead atoms. The summed E-state index contributed by atoms with van der Waals surface area (Å²) in [5.74, 6) is -1.14. The van der Waals surface area contributed by atoms with E-state index in [1.54, 1.807) is 20.8 Å². The Balaban J connectivity index is 2.03. The van der Waals surface area contributed by atoms with Gasteiger partial charge in [0.05, 0.1) is 11.8 Å². The van der Waals surface area contributed by atoms with Gasteiger partial charge in [-0.05, 0) is 33.6 Å². The summed E-state index contributed by atoms with van der Waals surface area (Å²) in [5.41, 5.74) is 1.60. The Labute approximate surface area is 112 Å². The van der Waals surface area contributed by atoms with E-state index < -0.39 is 11.7 Å². The van der Waals surface area contributed by atoms with Crippen molar-refractivity contribution < 1.29 is 19.1 Å². The number of hydrazine groups is 1. The van der Waals surface area contributed by atoms with Crippen molar-refractivity contribution >= 4 is 17.9 Å². The zero-order valence-corrected chi connectivity index (χ0v) is 11.6. The van der Waals surface area contributed by atoms with Crippen LogP contribution in [0.1, 0.15) is 46.5 Å². The first kappa shape index (κ1) is 13.8. The molecule has 1 N–H and O–H groups in total. The zero-order valence-electron chi connectivity index (χ0n) is 11.6. The van der Waals surface area contributed by atoms with E-state index in [1.807, 2.05) is 0 Å². The molecule has 3 amide bonds. The number of imide groups is 1. The van der Waals surface area contributed by atoms with Gasteiger partial charge < -0.3 is 4.74 Å². The van der Waals surface area contributed by atoms with Gasteiger partial charge in [-0.3, -0.25) is 9.59 Å². The van der Waals surface area contributed by atoms with E-state index in [0.29, 0.717) is 0 Å². The molecule has 0 radical (unpaired) electrons. The Morgan fingerprint density at radius 3 is 2.05 bits per heavy atom.